The lowest BCUT2D eigenvalue weighted by Crippen LogP contribution is -3.14. The fraction of sp³-hybridized carbons (Fsp3) is 0.400. The van der Waals surface area contributed by atoms with E-state index in [1.165, 1.54) is 11.3 Å². The maximum atomic E-state index is 10.7. The number of hydrogen-bond acceptors (Lipinski definition) is 2. The van der Waals surface area contributed by atoms with E-state index in [-0.39, 0.29) is 0 Å². The summed E-state index contributed by atoms with van der Waals surface area (Å²) in [6.45, 7) is 11.4. The second-order valence-electron chi connectivity index (χ2n) is 4.89. The van der Waals surface area contributed by atoms with Gasteiger partial charge in [0.2, 0.25) is 0 Å². The van der Waals surface area contributed by atoms with Crippen molar-refractivity contribution in [2.75, 3.05) is 37.6 Å². The van der Waals surface area contributed by atoms with Gasteiger partial charge in [0, 0.05) is 11.3 Å². The Kier molecular flexibility index (Phi) is 4.15. The van der Waals surface area contributed by atoms with Gasteiger partial charge in [-0.1, -0.05) is 6.58 Å². The van der Waals surface area contributed by atoms with E-state index in [1.54, 1.807) is 4.90 Å². The van der Waals surface area contributed by atoms with Crippen LogP contribution in [0.4, 0.5) is 5.69 Å². The van der Waals surface area contributed by atoms with Crippen molar-refractivity contribution >= 4 is 12.0 Å². The SMILES string of the molecule is C=CC[NH+]1CCN(c2ccc(C=O)cc2C)CC1. The van der Waals surface area contributed by atoms with Crippen LogP contribution in [0.15, 0.2) is 30.9 Å². The monoisotopic (exact) mass is 245 g/mol. The maximum absolute atomic E-state index is 10.7. The van der Waals surface area contributed by atoms with Crippen LogP contribution in [0, 0.1) is 6.92 Å². The second kappa shape index (κ2) is 5.83. The molecule has 1 fully saturated rings. The highest BCUT2D eigenvalue weighted by atomic mass is 16.1. The second-order valence-corrected chi connectivity index (χ2v) is 4.89. The maximum Gasteiger partial charge on any atom is 0.150 e. The van der Waals surface area contributed by atoms with Crippen molar-refractivity contribution in [3.63, 3.8) is 0 Å². The molecule has 0 radical (unpaired) electrons. The minimum absolute atomic E-state index is 0.757. The van der Waals surface area contributed by atoms with Crippen LogP contribution in [0.5, 0.6) is 0 Å². The summed E-state index contributed by atoms with van der Waals surface area (Å²) in [7, 11) is 0. The van der Waals surface area contributed by atoms with Crippen LogP contribution in [0.3, 0.4) is 0 Å². The normalized spacial score (nSPS) is 16.6. The first-order valence-electron chi connectivity index (χ1n) is 6.50. The molecular formula is C15H21N2O+. The molecule has 0 amide bonds. The Morgan fingerprint density at radius 3 is 2.67 bits per heavy atom. The number of quaternary nitrogens is 1. The van der Waals surface area contributed by atoms with Crippen molar-refractivity contribution in [3.8, 4) is 0 Å². The highest BCUT2D eigenvalue weighted by Gasteiger charge is 2.19. The summed E-state index contributed by atoms with van der Waals surface area (Å²) in [6.07, 6.45) is 2.90. The standard InChI is InChI=1S/C15H20N2O/c1-3-6-16-7-9-17(10-8-16)15-5-4-14(12-18)11-13(15)2/h3-5,11-12H,1,6-10H2,2H3/p+1. The Hall–Kier alpha value is -1.61. The third-order valence-corrected chi connectivity index (χ3v) is 3.60. The Morgan fingerprint density at radius 1 is 1.39 bits per heavy atom. The fourth-order valence-corrected chi connectivity index (χ4v) is 2.58. The molecular weight excluding hydrogens is 224 g/mol. The van der Waals surface area contributed by atoms with Crippen LogP contribution in [-0.4, -0.2) is 39.0 Å². The molecule has 1 aliphatic heterocycles. The van der Waals surface area contributed by atoms with E-state index in [0.717, 1.165) is 44.6 Å². The number of nitrogens with one attached hydrogen (secondary N) is 1. The fourth-order valence-electron chi connectivity index (χ4n) is 2.58. The van der Waals surface area contributed by atoms with Crippen LogP contribution in [-0.2, 0) is 0 Å². The molecule has 96 valence electrons. The lowest BCUT2D eigenvalue weighted by atomic mass is 10.1. The molecule has 18 heavy (non-hydrogen) atoms. The molecule has 0 unspecified atom stereocenters. The van der Waals surface area contributed by atoms with Gasteiger partial charge >= 0.3 is 0 Å². The number of piperazine rings is 1. The van der Waals surface area contributed by atoms with Gasteiger partial charge in [-0.2, -0.15) is 0 Å². The van der Waals surface area contributed by atoms with Crippen molar-refractivity contribution in [2.24, 2.45) is 0 Å². The van der Waals surface area contributed by atoms with Gasteiger partial charge in [-0.25, -0.2) is 0 Å². The average molecular weight is 245 g/mol. The van der Waals surface area contributed by atoms with Crippen molar-refractivity contribution in [1.82, 2.24) is 0 Å². The number of aldehydes is 1. The number of hydrogen-bond donors (Lipinski definition) is 1. The van der Waals surface area contributed by atoms with E-state index in [0.29, 0.717) is 0 Å². The van der Waals surface area contributed by atoms with Crippen LogP contribution >= 0.6 is 0 Å². The number of carbonyl (C=O) groups is 1. The topological polar surface area (TPSA) is 24.8 Å². The predicted molar refractivity (Wildman–Crippen MR) is 74.5 cm³/mol. The summed E-state index contributed by atoms with van der Waals surface area (Å²) in [4.78, 5) is 14.7. The van der Waals surface area contributed by atoms with Crippen LogP contribution in [0.25, 0.3) is 0 Å². The molecule has 2 rings (SSSR count). The summed E-state index contributed by atoms with van der Waals surface area (Å²) in [6, 6.07) is 5.93. The van der Waals surface area contributed by atoms with E-state index < -0.39 is 0 Å². The van der Waals surface area contributed by atoms with E-state index in [1.807, 2.05) is 18.2 Å². The molecule has 1 aromatic rings. The minimum atomic E-state index is 0.757. The first kappa shape index (κ1) is 12.8. The lowest BCUT2D eigenvalue weighted by molar-refractivity contribution is -0.894. The summed E-state index contributed by atoms with van der Waals surface area (Å²) < 4.78 is 0. The van der Waals surface area contributed by atoms with E-state index in [4.69, 9.17) is 0 Å². The van der Waals surface area contributed by atoms with Crippen LogP contribution in [0.2, 0.25) is 0 Å². The van der Waals surface area contributed by atoms with Gasteiger partial charge in [-0.05, 0) is 36.8 Å². The molecule has 1 saturated heterocycles. The molecule has 0 aliphatic carbocycles. The van der Waals surface area contributed by atoms with Gasteiger partial charge in [-0.3, -0.25) is 4.79 Å². The van der Waals surface area contributed by atoms with Crippen LogP contribution < -0.4 is 9.80 Å². The van der Waals surface area contributed by atoms with Gasteiger partial charge < -0.3 is 9.80 Å². The Balaban J connectivity index is 2.05. The molecule has 0 spiro atoms. The summed E-state index contributed by atoms with van der Waals surface area (Å²) in [5.74, 6) is 0. The number of nitrogens with zero attached hydrogens (tertiary/aromatic N) is 1. The number of rotatable bonds is 4. The van der Waals surface area contributed by atoms with Crippen molar-refractivity contribution < 1.29 is 9.69 Å². The molecule has 0 atom stereocenters. The summed E-state index contributed by atoms with van der Waals surface area (Å²) in [5.41, 5.74) is 3.21. The molecule has 1 N–H and O–H groups in total. The van der Waals surface area contributed by atoms with Crippen LogP contribution in [0.1, 0.15) is 15.9 Å². The van der Waals surface area contributed by atoms with Crippen molar-refractivity contribution in [2.45, 2.75) is 6.92 Å². The predicted octanol–water partition coefficient (Wildman–Crippen LogP) is 0.698. The number of benzene rings is 1. The van der Waals surface area contributed by atoms with Gasteiger partial charge in [0.05, 0.1) is 32.7 Å². The van der Waals surface area contributed by atoms with Crippen molar-refractivity contribution in [1.29, 1.82) is 0 Å². The molecule has 0 aromatic heterocycles. The number of carbonyl (C=O) groups excluding carboxylic acids is 1. The molecule has 1 heterocycles. The Bertz CT molecular complexity index is 434. The Morgan fingerprint density at radius 2 is 2.11 bits per heavy atom. The quantitative estimate of drug-likeness (QED) is 0.624. The first-order chi connectivity index (χ1) is 8.74. The highest BCUT2D eigenvalue weighted by Crippen LogP contribution is 2.20. The molecule has 3 nitrogen and oxygen atoms in total. The smallest absolute Gasteiger partial charge is 0.150 e. The Labute approximate surface area is 109 Å². The zero-order chi connectivity index (χ0) is 13.0. The summed E-state index contributed by atoms with van der Waals surface area (Å²) >= 11 is 0. The third-order valence-electron chi connectivity index (χ3n) is 3.60. The average Bonchev–Trinajstić information content (AvgIpc) is 2.40. The largest absolute Gasteiger partial charge is 0.360 e. The van der Waals surface area contributed by atoms with E-state index >= 15 is 0 Å². The number of aryl methyl sites for hydroxylation is 1. The lowest BCUT2D eigenvalue weighted by Gasteiger charge is -2.34. The molecule has 3 heteroatoms. The zero-order valence-corrected chi connectivity index (χ0v) is 11.0. The molecule has 0 saturated carbocycles. The van der Waals surface area contributed by atoms with Crippen molar-refractivity contribution in [3.05, 3.63) is 42.0 Å². The third kappa shape index (κ3) is 2.79. The van der Waals surface area contributed by atoms with Gasteiger partial charge in [-0.15, -0.1) is 0 Å². The van der Waals surface area contributed by atoms with E-state index in [2.05, 4.69) is 24.5 Å². The zero-order valence-electron chi connectivity index (χ0n) is 11.0. The molecule has 1 aliphatic rings. The van der Waals surface area contributed by atoms with Gasteiger partial charge in [0.1, 0.15) is 6.29 Å². The van der Waals surface area contributed by atoms with Gasteiger partial charge in [0.25, 0.3) is 0 Å². The minimum Gasteiger partial charge on any atom is -0.360 e. The van der Waals surface area contributed by atoms with E-state index in [9.17, 15) is 4.79 Å². The first-order valence-corrected chi connectivity index (χ1v) is 6.50. The van der Waals surface area contributed by atoms with Gasteiger partial charge in [0.15, 0.2) is 0 Å². The highest BCUT2D eigenvalue weighted by molar-refractivity contribution is 5.77. The summed E-state index contributed by atoms with van der Waals surface area (Å²) in [5, 5.41) is 0. The number of anilines is 1. The molecule has 1 aromatic carbocycles. The molecule has 0 bridgehead atoms.